The Kier molecular flexibility index (Phi) is 8.07. The normalized spacial score (nSPS) is 28.0. The van der Waals surface area contributed by atoms with Gasteiger partial charge in [0.1, 0.15) is 5.75 Å². The number of piperidine rings is 1. The van der Waals surface area contributed by atoms with Gasteiger partial charge in [-0.15, -0.1) is 0 Å². The number of carbonyl (C=O) groups excluding carboxylic acids is 1. The Morgan fingerprint density at radius 1 is 1.14 bits per heavy atom. The molecular formula is C30H38Cl2N2O3. The molecule has 1 unspecified atom stereocenters. The molecule has 2 aromatic carbocycles. The fourth-order valence-electron chi connectivity index (χ4n) is 6.70. The third kappa shape index (κ3) is 5.66. The van der Waals surface area contributed by atoms with Gasteiger partial charge in [0.15, 0.2) is 0 Å². The van der Waals surface area contributed by atoms with Crippen LogP contribution in [0.5, 0.6) is 5.75 Å². The van der Waals surface area contributed by atoms with Crippen LogP contribution in [-0.2, 0) is 21.4 Å². The van der Waals surface area contributed by atoms with Crippen molar-refractivity contribution < 1.29 is 14.3 Å². The molecule has 4 atom stereocenters. The van der Waals surface area contributed by atoms with Gasteiger partial charge >= 0.3 is 0 Å². The zero-order chi connectivity index (χ0) is 26.2. The maximum absolute atomic E-state index is 13.5. The summed E-state index contributed by atoms with van der Waals surface area (Å²) in [6, 6.07) is 14.1. The molecule has 0 aromatic heterocycles. The van der Waals surface area contributed by atoms with E-state index < -0.39 is 0 Å². The van der Waals surface area contributed by atoms with Crippen LogP contribution in [0.2, 0.25) is 10.0 Å². The number of methoxy groups -OCH3 is 2. The highest BCUT2D eigenvalue weighted by Crippen LogP contribution is 2.51. The number of hydrogen-bond acceptors (Lipinski definition) is 4. The van der Waals surface area contributed by atoms with Crippen LogP contribution in [0.1, 0.15) is 43.2 Å². The third-order valence-electron chi connectivity index (χ3n) is 9.03. The molecule has 1 saturated heterocycles. The van der Waals surface area contributed by atoms with Crippen molar-refractivity contribution in [3.8, 4) is 5.75 Å². The summed E-state index contributed by atoms with van der Waals surface area (Å²) in [4.78, 5) is 18.1. The number of carbonyl (C=O) groups is 1. The molecule has 7 heteroatoms. The van der Waals surface area contributed by atoms with E-state index in [-0.39, 0.29) is 23.5 Å². The molecule has 2 aromatic rings. The van der Waals surface area contributed by atoms with E-state index in [4.69, 9.17) is 32.7 Å². The van der Waals surface area contributed by atoms with Gasteiger partial charge in [-0.2, -0.15) is 0 Å². The summed E-state index contributed by atoms with van der Waals surface area (Å²) in [5.74, 6) is 2.20. The second kappa shape index (κ2) is 11.1. The molecule has 3 fully saturated rings. The average Bonchev–Trinajstić information content (AvgIpc) is 3.73. The molecule has 1 heterocycles. The van der Waals surface area contributed by atoms with Crippen LogP contribution in [0.25, 0.3) is 0 Å². The number of ether oxygens (including phenoxy) is 2. The van der Waals surface area contributed by atoms with Gasteiger partial charge in [0.05, 0.1) is 29.7 Å². The van der Waals surface area contributed by atoms with Crippen molar-refractivity contribution in [2.45, 2.75) is 56.1 Å². The lowest BCUT2D eigenvalue weighted by Gasteiger charge is -2.56. The minimum Gasteiger partial charge on any atom is -0.497 e. The smallest absolute Gasteiger partial charge is 0.226 e. The summed E-state index contributed by atoms with van der Waals surface area (Å²) in [6.45, 7) is 3.32. The molecule has 0 spiro atoms. The fourth-order valence-corrected chi connectivity index (χ4v) is 7.02. The summed E-state index contributed by atoms with van der Waals surface area (Å²) >= 11 is 12.3. The number of amides is 1. The highest BCUT2D eigenvalue weighted by Gasteiger charge is 2.53. The number of likely N-dealkylation sites (tertiary alicyclic amines) is 1. The Morgan fingerprint density at radius 2 is 1.95 bits per heavy atom. The van der Waals surface area contributed by atoms with E-state index in [9.17, 15) is 4.79 Å². The van der Waals surface area contributed by atoms with Crippen molar-refractivity contribution in [2.75, 3.05) is 40.9 Å². The van der Waals surface area contributed by atoms with Crippen LogP contribution in [0.15, 0.2) is 42.5 Å². The maximum atomic E-state index is 13.5. The van der Waals surface area contributed by atoms with Crippen molar-refractivity contribution in [2.24, 2.45) is 11.8 Å². The lowest BCUT2D eigenvalue weighted by molar-refractivity contribution is -0.137. The highest BCUT2D eigenvalue weighted by molar-refractivity contribution is 6.42. The predicted molar refractivity (Wildman–Crippen MR) is 149 cm³/mol. The first kappa shape index (κ1) is 26.8. The summed E-state index contributed by atoms with van der Waals surface area (Å²) in [6.07, 6.45) is 5.93. The maximum Gasteiger partial charge on any atom is 0.226 e. The Bertz CT molecular complexity index is 1120. The number of benzene rings is 2. The van der Waals surface area contributed by atoms with Crippen molar-refractivity contribution >= 4 is 29.1 Å². The summed E-state index contributed by atoms with van der Waals surface area (Å²) in [5.41, 5.74) is 2.11. The Morgan fingerprint density at radius 3 is 2.65 bits per heavy atom. The number of likely N-dealkylation sites (N-methyl/N-ethyl adjacent to an activating group) is 1. The molecule has 1 amide bonds. The van der Waals surface area contributed by atoms with E-state index >= 15 is 0 Å². The van der Waals surface area contributed by atoms with E-state index in [0.717, 1.165) is 49.6 Å². The molecule has 0 radical (unpaired) electrons. The van der Waals surface area contributed by atoms with Gasteiger partial charge in [0.25, 0.3) is 0 Å². The first-order valence-electron chi connectivity index (χ1n) is 13.4. The van der Waals surface area contributed by atoms with Gasteiger partial charge < -0.3 is 19.3 Å². The highest BCUT2D eigenvalue weighted by atomic mass is 35.5. The van der Waals surface area contributed by atoms with Crippen LogP contribution in [0.4, 0.5) is 0 Å². The molecule has 2 saturated carbocycles. The van der Waals surface area contributed by atoms with E-state index in [0.29, 0.717) is 22.4 Å². The minimum absolute atomic E-state index is 0.0731. The van der Waals surface area contributed by atoms with Crippen molar-refractivity contribution in [3.63, 3.8) is 0 Å². The van der Waals surface area contributed by atoms with Crippen LogP contribution in [0, 0.1) is 11.8 Å². The second-order valence-electron chi connectivity index (χ2n) is 11.2. The lowest BCUT2D eigenvalue weighted by Crippen LogP contribution is -2.61. The number of halogens is 2. The standard InChI is InChI=1S/C30H38Cl2N2O3/c1-33(29(35)14-21-9-10-26(31)27(32)13-21)23-16-28(37-3)25-19-34(18-20-7-8-20)12-11-30(25,17-23)22-5-4-6-24(15-22)36-2/h4-6,9-10,13,15,20,23,25,28H,7-8,11-12,14,16-19H2,1-3H3/t23-,25-,28?,30-/m0/s1. The molecule has 1 aliphatic heterocycles. The van der Waals surface area contributed by atoms with E-state index in [2.05, 4.69) is 23.1 Å². The van der Waals surface area contributed by atoms with E-state index in [1.54, 1.807) is 19.2 Å². The van der Waals surface area contributed by atoms with Crippen molar-refractivity contribution in [1.82, 2.24) is 9.80 Å². The first-order chi connectivity index (χ1) is 17.8. The Labute approximate surface area is 231 Å². The van der Waals surface area contributed by atoms with Crippen LogP contribution >= 0.6 is 23.2 Å². The largest absolute Gasteiger partial charge is 0.497 e. The monoisotopic (exact) mass is 544 g/mol. The molecule has 3 aliphatic rings. The van der Waals surface area contributed by atoms with Gasteiger partial charge in [0, 0.05) is 44.6 Å². The topological polar surface area (TPSA) is 42.0 Å². The zero-order valence-electron chi connectivity index (χ0n) is 22.1. The zero-order valence-corrected chi connectivity index (χ0v) is 23.6. The molecule has 5 rings (SSSR count). The summed E-state index contributed by atoms with van der Waals surface area (Å²) < 4.78 is 11.8. The molecule has 2 aliphatic carbocycles. The van der Waals surface area contributed by atoms with Gasteiger partial charge in [0.2, 0.25) is 5.91 Å². The number of rotatable bonds is 8. The molecular weight excluding hydrogens is 507 g/mol. The minimum atomic E-state index is -0.0731. The first-order valence-corrected chi connectivity index (χ1v) is 14.2. The van der Waals surface area contributed by atoms with E-state index in [1.165, 1.54) is 24.9 Å². The van der Waals surface area contributed by atoms with Crippen LogP contribution in [-0.4, -0.2) is 68.8 Å². The third-order valence-corrected chi connectivity index (χ3v) is 9.77. The van der Waals surface area contributed by atoms with Gasteiger partial charge in [-0.05, 0) is 80.0 Å². The summed E-state index contributed by atoms with van der Waals surface area (Å²) in [5, 5.41) is 0.977. The fraction of sp³-hybridized carbons (Fsp3) is 0.567. The van der Waals surface area contributed by atoms with E-state index in [1.807, 2.05) is 31.2 Å². The SMILES string of the molecule is COc1cccc([C@@]23CCN(CC4CC4)C[C@H]2C(OC)C[C@H](N(C)C(=O)Cc2ccc(Cl)c(Cl)c2)C3)c1. The Hall–Kier alpha value is -1.79. The van der Waals surface area contributed by atoms with Gasteiger partial charge in [-0.1, -0.05) is 41.4 Å². The number of hydrogen-bond donors (Lipinski definition) is 0. The molecule has 0 bridgehead atoms. The van der Waals surface area contributed by atoms with Crippen molar-refractivity contribution in [3.05, 3.63) is 63.6 Å². The predicted octanol–water partition coefficient (Wildman–Crippen LogP) is 5.85. The van der Waals surface area contributed by atoms with Gasteiger partial charge in [-0.3, -0.25) is 4.79 Å². The lowest BCUT2D eigenvalue weighted by atomic mass is 9.56. The average molecular weight is 546 g/mol. The molecule has 5 nitrogen and oxygen atoms in total. The molecule has 200 valence electrons. The molecule has 0 N–H and O–H groups in total. The Balaban J connectivity index is 1.42. The van der Waals surface area contributed by atoms with Crippen molar-refractivity contribution in [1.29, 1.82) is 0 Å². The number of nitrogens with zero attached hydrogens (tertiary/aromatic N) is 2. The summed E-state index contributed by atoms with van der Waals surface area (Å²) in [7, 11) is 5.50. The second-order valence-corrected chi connectivity index (χ2v) is 12.1. The molecule has 37 heavy (non-hydrogen) atoms. The van der Waals surface area contributed by atoms with Gasteiger partial charge in [-0.25, -0.2) is 0 Å². The van der Waals surface area contributed by atoms with Crippen LogP contribution < -0.4 is 4.74 Å². The quantitative estimate of drug-likeness (QED) is 0.418. The number of fused-ring (bicyclic) bond motifs is 1. The van der Waals surface area contributed by atoms with Crippen LogP contribution in [0.3, 0.4) is 0 Å².